The van der Waals surface area contributed by atoms with Crippen molar-refractivity contribution in [1.82, 2.24) is 10.6 Å². The van der Waals surface area contributed by atoms with Crippen LogP contribution in [0.25, 0.3) is 0 Å². The molecule has 0 aliphatic carbocycles. The molecular formula is C10H21N3S2. The van der Waals surface area contributed by atoms with Crippen LogP contribution >= 0.6 is 24.8 Å². The van der Waals surface area contributed by atoms with E-state index in [-0.39, 0.29) is 0 Å². The average molecular weight is 247 g/mol. The summed E-state index contributed by atoms with van der Waals surface area (Å²) in [6, 6.07) is 0. The zero-order chi connectivity index (χ0) is 11.5. The Bertz CT molecular complexity index is 205. The summed E-state index contributed by atoms with van der Waals surface area (Å²) in [6.07, 6.45) is 4.55. The second kappa shape index (κ2) is 10.2. The summed E-state index contributed by atoms with van der Waals surface area (Å²) in [7, 11) is 0. The van der Waals surface area contributed by atoms with E-state index in [2.05, 4.69) is 42.1 Å². The van der Waals surface area contributed by atoms with Crippen LogP contribution in [0.15, 0.2) is 4.99 Å². The monoisotopic (exact) mass is 247 g/mol. The number of guanidine groups is 1. The molecule has 0 unspecified atom stereocenters. The van der Waals surface area contributed by atoms with Crippen molar-refractivity contribution in [2.24, 2.45) is 4.99 Å². The number of thiocarbonyl (C=S) groups is 1. The van der Waals surface area contributed by atoms with Gasteiger partial charge in [0.2, 0.25) is 0 Å². The molecule has 0 spiro atoms. The molecule has 0 fully saturated rings. The molecule has 0 aromatic heterocycles. The number of hydrogen-bond acceptors (Lipinski definition) is 2. The van der Waals surface area contributed by atoms with Gasteiger partial charge in [0.15, 0.2) is 5.96 Å². The molecule has 3 nitrogen and oxygen atoms in total. The molecule has 15 heavy (non-hydrogen) atoms. The first kappa shape index (κ1) is 14.7. The first-order valence-corrected chi connectivity index (χ1v) is 6.34. The van der Waals surface area contributed by atoms with Gasteiger partial charge in [-0.1, -0.05) is 38.9 Å². The molecule has 0 rings (SSSR count). The number of hydrogen-bond donors (Lipinski definition) is 3. The molecule has 0 amide bonds. The minimum Gasteiger partial charge on any atom is -0.356 e. The van der Waals surface area contributed by atoms with Gasteiger partial charge in [0.05, 0.1) is 0 Å². The van der Waals surface area contributed by atoms with E-state index in [9.17, 15) is 0 Å². The SMILES string of the molecule is CCCCN=C(NCCCC)NC(=S)S. The summed E-state index contributed by atoms with van der Waals surface area (Å²) in [5.74, 6) is 0.747. The van der Waals surface area contributed by atoms with Crippen LogP contribution in [0.5, 0.6) is 0 Å². The predicted octanol–water partition coefficient (Wildman–Crippen LogP) is 2.34. The molecule has 0 bridgehead atoms. The van der Waals surface area contributed by atoms with Gasteiger partial charge in [-0.15, -0.1) is 12.6 Å². The van der Waals surface area contributed by atoms with Crippen LogP contribution in [0.2, 0.25) is 0 Å². The average Bonchev–Trinajstić information content (AvgIpc) is 2.17. The van der Waals surface area contributed by atoms with E-state index in [1.165, 1.54) is 6.42 Å². The maximum absolute atomic E-state index is 4.86. The second-order valence-corrected chi connectivity index (χ2v) is 4.45. The van der Waals surface area contributed by atoms with Gasteiger partial charge in [-0.3, -0.25) is 4.99 Å². The molecule has 0 aromatic rings. The number of thiol groups is 1. The highest BCUT2D eigenvalue weighted by Gasteiger charge is 1.97. The van der Waals surface area contributed by atoms with Gasteiger partial charge in [-0.2, -0.15) is 0 Å². The number of nitrogens with one attached hydrogen (secondary N) is 2. The summed E-state index contributed by atoms with van der Waals surface area (Å²) in [6.45, 7) is 6.06. The van der Waals surface area contributed by atoms with Gasteiger partial charge in [-0.05, 0) is 12.8 Å². The standard InChI is InChI=1S/C10H21N3S2/c1-3-5-7-11-9(13-10(14)15)12-8-6-4-2/h3-8H2,1-2H3,(H3,11,12,13,14,15). The molecular weight excluding hydrogens is 226 g/mol. The Morgan fingerprint density at radius 2 is 1.93 bits per heavy atom. The van der Waals surface area contributed by atoms with Crippen molar-refractivity contribution < 1.29 is 0 Å². The lowest BCUT2D eigenvalue weighted by atomic mass is 10.3. The Hall–Kier alpha value is -0.290. The van der Waals surface area contributed by atoms with E-state index < -0.39 is 0 Å². The Labute approximate surface area is 104 Å². The van der Waals surface area contributed by atoms with E-state index in [1.807, 2.05) is 0 Å². The van der Waals surface area contributed by atoms with Gasteiger partial charge in [0, 0.05) is 13.1 Å². The number of aliphatic imine (C=N–C) groups is 1. The van der Waals surface area contributed by atoms with Gasteiger partial charge in [-0.25, -0.2) is 0 Å². The van der Waals surface area contributed by atoms with E-state index in [0.717, 1.165) is 38.3 Å². The molecule has 88 valence electrons. The van der Waals surface area contributed by atoms with Crippen molar-refractivity contribution in [3.05, 3.63) is 0 Å². The number of rotatable bonds is 6. The third-order valence-corrected chi connectivity index (χ3v) is 2.04. The summed E-state index contributed by atoms with van der Waals surface area (Å²) in [4.78, 5) is 4.38. The molecule has 0 saturated heterocycles. The van der Waals surface area contributed by atoms with Crippen LogP contribution in [0.3, 0.4) is 0 Å². The molecule has 0 aliphatic heterocycles. The lowest BCUT2D eigenvalue weighted by molar-refractivity contribution is 0.737. The zero-order valence-corrected chi connectivity index (χ0v) is 11.3. The number of nitrogens with zero attached hydrogens (tertiary/aromatic N) is 1. The third-order valence-electron chi connectivity index (χ3n) is 1.83. The lowest BCUT2D eigenvalue weighted by Crippen LogP contribution is -2.39. The number of unbranched alkanes of at least 4 members (excludes halogenated alkanes) is 2. The summed E-state index contributed by atoms with van der Waals surface area (Å²) < 4.78 is 0.453. The molecule has 0 atom stereocenters. The minimum atomic E-state index is 0.453. The van der Waals surface area contributed by atoms with Crippen LogP contribution in [-0.2, 0) is 0 Å². The summed E-state index contributed by atoms with van der Waals surface area (Å²) in [5.41, 5.74) is 0. The van der Waals surface area contributed by atoms with Crippen LogP contribution < -0.4 is 10.6 Å². The highest BCUT2D eigenvalue weighted by atomic mass is 32.1. The van der Waals surface area contributed by atoms with E-state index in [4.69, 9.17) is 12.2 Å². The van der Waals surface area contributed by atoms with Gasteiger partial charge in [0.1, 0.15) is 4.32 Å². The molecule has 0 heterocycles. The van der Waals surface area contributed by atoms with Gasteiger partial charge in [0.25, 0.3) is 0 Å². The Balaban J connectivity index is 3.93. The minimum absolute atomic E-state index is 0.453. The normalized spacial score (nSPS) is 11.3. The maximum atomic E-state index is 4.86. The van der Waals surface area contributed by atoms with E-state index in [1.54, 1.807) is 0 Å². The van der Waals surface area contributed by atoms with Crippen molar-refractivity contribution in [2.75, 3.05) is 13.1 Å². The largest absolute Gasteiger partial charge is 0.356 e. The van der Waals surface area contributed by atoms with Crippen LogP contribution in [0.1, 0.15) is 39.5 Å². The fourth-order valence-electron chi connectivity index (χ4n) is 0.973. The van der Waals surface area contributed by atoms with E-state index in [0.29, 0.717) is 4.32 Å². The molecule has 0 radical (unpaired) electrons. The van der Waals surface area contributed by atoms with Crippen molar-refractivity contribution in [3.63, 3.8) is 0 Å². The van der Waals surface area contributed by atoms with Gasteiger partial charge < -0.3 is 10.6 Å². The molecule has 0 aliphatic rings. The first-order valence-electron chi connectivity index (χ1n) is 5.49. The van der Waals surface area contributed by atoms with Crippen molar-refractivity contribution in [1.29, 1.82) is 0 Å². The lowest BCUT2D eigenvalue weighted by Gasteiger charge is -2.10. The zero-order valence-electron chi connectivity index (χ0n) is 9.55. The van der Waals surface area contributed by atoms with Crippen molar-refractivity contribution in [2.45, 2.75) is 39.5 Å². The molecule has 0 saturated carbocycles. The van der Waals surface area contributed by atoms with Crippen molar-refractivity contribution >= 4 is 35.1 Å². The first-order chi connectivity index (χ1) is 7.20. The third kappa shape index (κ3) is 10.0. The van der Waals surface area contributed by atoms with Crippen LogP contribution in [-0.4, -0.2) is 23.4 Å². The molecule has 2 N–H and O–H groups in total. The fourth-order valence-corrected chi connectivity index (χ4v) is 1.18. The maximum Gasteiger partial charge on any atom is 0.196 e. The fraction of sp³-hybridized carbons (Fsp3) is 0.800. The van der Waals surface area contributed by atoms with Crippen LogP contribution in [0.4, 0.5) is 0 Å². The quantitative estimate of drug-likeness (QED) is 0.222. The smallest absolute Gasteiger partial charge is 0.196 e. The molecule has 0 aromatic carbocycles. The summed E-state index contributed by atoms with van der Waals surface area (Å²) in [5, 5.41) is 6.15. The second-order valence-electron chi connectivity index (χ2n) is 3.29. The highest BCUT2D eigenvalue weighted by Crippen LogP contribution is 1.89. The van der Waals surface area contributed by atoms with Gasteiger partial charge >= 0.3 is 0 Å². The van der Waals surface area contributed by atoms with Crippen LogP contribution in [0, 0.1) is 0 Å². The highest BCUT2D eigenvalue weighted by molar-refractivity contribution is 8.11. The predicted molar refractivity (Wildman–Crippen MR) is 74.8 cm³/mol. The Morgan fingerprint density at radius 1 is 1.27 bits per heavy atom. The Morgan fingerprint density at radius 3 is 2.47 bits per heavy atom. The van der Waals surface area contributed by atoms with E-state index >= 15 is 0 Å². The molecule has 5 heteroatoms. The summed E-state index contributed by atoms with van der Waals surface area (Å²) >= 11 is 8.89. The van der Waals surface area contributed by atoms with Crippen molar-refractivity contribution in [3.8, 4) is 0 Å². The Kier molecular flexibility index (Phi) is 10.0. The topological polar surface area (TPSA) is 36.4 Å².